The maximum absolute atomic E-state index is 12.6. The van der Waals surface area contributed by atoms with E-state index in [0.717, 1.165) is 21.4 Å². The second-order valence-electron chi connectivity index (χ2n) is 8.78. The van der Waals surface area contributed by atoms with E-state index in [-0.39, 0.29) is 42.0 Å². The zero-order valence-corrected chi connectivity index (χ0v) is 21.3. The van der Waals surface area contributed by atoms with Gasteiger partial charge in [-0.05, 0) is 56.8 Å². The van der Waals surface area contributed by atoms with Gasteiger partial charge in [0.25, 0.3) is 15.7 Å². The molecule has 0 bridgehead atoms. The Morgan fingerprint density at radius 3 is 2.46 bits per heavy atom. The molecular weight excluding hydrogens is 492 g/mol. The molecule has 0 radical (unpaired) electrons. The third-order valence-corrected chi connectivity index (χ3v) is 6.38. The molecule has 3 aromatic rings. The van der Waals surface area contributed by atoms with Gasteiger partial charge in [-0.15, -0.1) is 0 Å². The van der Waals surface area contributed by atoms with Gasteiger partial charge in [-0.1, -0.05) is 53.6 Å². The van der Waals surface area contributed by atoms with E-state index in [1.807, 2.05) is 31.2 Å². The first-order valence-electron chi connectivity index (χ1n) is 12.0. The molecular formula is C25H29ClN2O6S. The fraction of sp³-hybridized carbons (Fsp3) is 0.360. The van der Waals surface area contributed by atoms with E-state index in [1.54, 1.807) is 26.0 Å². The van der Waals surface area contributed by atoms with Crippen LogP contribution in [0.15, 0.2) is 58.3 Å². The molecule has 35 heavy (non-hydrogen) atoms. The Morgan fingerprint density at radius 1 is 1.17 bits per heavy atom. The van der Waals surface area contributed by atoms with Gasteiger partial charge in [0.15, 0.2) is 10.8 Å². The van der Waals surface area contributed by atoms with Gasteiger partial charge in [0, 0.05) is 1.37 Å². The lowest BCUT2D eigenvalue weighted by Crippen LogP contribution is -2.36. The van der Waals surface area contributed by atoms with Crippen LogP contribution in [0, 0.1) is 6.92 Å². The predicted molar refractivity (Wildman–Crippen MR) is 134 cm³/mol. The van der Waals surface area contributed by atoms with Crippen LogP contribution in [0.2, 0.25) is 5.02 Å². The highest BCUT2D eigenvalue weighted by Crippen LogP contribution is 2.22. The van der Waals surface area contributed by atoms with Crippen molar-refractivity contribution in [2.45, 2.75) is 57.7 Å². The zero-order chi connectivity index (χ0) is 27.4. The van der Waals surface area contributed by atoms with Gasteiger partial charge in [0.05, 0.1) is 31.2 Å². The minimum atomic E-state index is -4.31. The van der Waals surface area contributed by atoms with Crippen molar-refractivity contribution in [2.24, 2.45) is 0 Å². The molecule has 0 fully saturated rings. The summed E-state index contributed by atoms with van der Waals surface area (Å²) in [5.74, 6) is -0.114. The van der Waals surface area contributed by atoms with Crippen LogP contribution in [0.4, 0.5) is 0 Å². The number of aromatic nitrogens is 2. The van der Waals surface area contributed by atoms with E-state index in [2.05, 4.69) is 5.10 Å². The number of nitrogens with zero attached hydrogens (tertiary/aromatic N) is 2. The van der Waals surface area contributed by atoms with Gasteiger partial charge in [0.1, 0.15) is 6.61 Å². The molecule has 0 atom stereocenters. The summed E-state index contributed by atoms with van der Waals surface area (Å²) in [7, 11) is -4.31. The number of rotatable bonds is 9. The molecule has 0 unspecified atom stereocenters. The first kappa shape index (κ1) is 24.0. The third kappa shape index (κ3) is 7.14. The highest BCUT2D eigenvalue weighted by molar-refractivity contribution is 7.85. The second kappa shape index (κ2) is 10.9. The minimum Gasteiger partial charge on any atom is -0.485 e. The van der Waals surface area contributed by atoms with E-state index in [9.17, 15) is 17.8 Å². The second-order valence-corrected chi connectivity index (χ2v) is 10.5. The SMILES string of the molecule is [2H]CC(C)(C)n1nc([2H])c(OCc2ccc(COCCc3cc(C)ccc3S(=O)(=O)O)cc2)c(Cl)c1=O. The molecule has 1 heterocycles. The lowest BCUT2D eigenvalue weighted by Gasteiger charge is -2.21. The van der Waals surface area contributed by atoms with Crippen molar-refractivity contribution < 1.29 is 25.2 Å². The van der Waals surface area contributed by atoms with Gasteiger partial charge in [-0.25, -0.2) is 4.68 Å². The number of benzene rings is 2. The Morgan fingerprint density at radius 2 is 1.83 bits per heavy atom. The average Bonchev–Trinajstić information content (AvgIpc) is 2.84. The topological polar surface area (TPSA) is 108 Å². The summed E-state index contributed by atoms with van der Waals surface area (Å²) in [5.41, 5.74) is 1.50. The van der Waals surface area contributed by atoms with E-state index in [4.69, 9.17) is 23.8 Å². The fourth-order valence-electron chi connectivity index (χ4n) is 3.30. The van der Waals surface area contributed by atoms with E-state index >= 15 is 0 Å². The molecule has 0 spiro atoms. The van der Waals surface area contributed by atoms with Gasteiger partial charge < -0.3 is 9.47 Å². The van der Waals surface area contributed by atoms with E-state index in [0.29, 0.717) is 18.6 Å². The Hall–Kier alpha value is -2.72. The van der Waals surface area contributed by atoms with Gasteiger partial charge in [0.2, 0.25) is 0 Å². The normalized spacial score (nSPS) is 12.8. The lowest BCUT2D eigenvalue weighted by molar-refractivity contribution is 0.123. The summed E-state index contributed by atoms with van der Waals surface area (Å²) in [5, 5.41) is 3.71. The van der Waals surface area contributed by atoms with Crippen molar-refractivity contribution in [3.8, 4) is 5.75 Å². The van der Waals surface area contributed by atoms with Crippen LogP contribution in [0.1, 0.15) is 45.7 Å². The van der Waals surface area contributed by atoms with Crippen LogP contribution < -0.4 is 10.3 Å². The zero-order valence-electron chi connectivity index (χ0n) is 21.7. The molecule has 0 aliphatic rings. The molecule has 3 rings (SSSR count). The maximum atomic E-state index is 12.6. The Kier molecular flexibility index (Phi) is 7.48. The molecule has 0 saturated heterocycles. The van der Waals surface area contributed by atoms with Gasteiger partial charge >= 0.3 is 0 Å². The number of ether oxygens (including phenoxy) is 2. The molecule has 0 aliphatic heterocycles. The van der Waals surface area contributed by atoms with E-state index < -0.39 is 21.2 Å². The number of aryl methyl sites for hydroxylation is 1. The lowest BCUT2D eigenvalue weighted by atomic mass is 10.1. The van der Waals surface area contributed by atoms with Crippen LogP contribution in [-0.2, 0) is 40.0 Å². The van der Waals surface area contributed by atoms with Crippen LogP contribution >= 0.6 is 11.6 Å². The molecule has 1 N–H and O–H groups in total. The highest BCUT2D eigenvalue weighted by Gasteiger charge is 2.20. The van der Waals surface area contributed by atoms with Crippen LogP contribution in [-0.4, -0.2) is 29.4 Å². The predicted octanol–water partition coefficient (Wildman–Crippen LogP) is 4.55. The standard InChI is InChI=1S/C25H29ClN2O6S/c1-17-5-10-22(35(30,31)32)20(13-17)11-12-33-15-18-6-8-19(9-7-18)16-34-21-14-27-28(25(2,3)4)24(29)23(21)26/h5-10,13-14H,11-12,15-16H2,1-4H3,(H,30,31,32)/i2D,14D. The summed E-state index contributed by atoms with van der Waals surface area (Å²) < 4.78 is 60.6. The number of halogens is 1. The van der Waals surface area contributed by atoms with Crippen molar-refractivity contribution in [1.29, 1.82) is 0 Å². The average molecular weight is 523 g/mol. The summed E-state index contributed by atoms with van der Waals surface area (Å²) in [6.45, 7) is 5.67. The van der Waals surface area contributed by atoms with E-state index in [1.165, 1.54) is 6.07 Å². The van der Waals surface area contributed by atoms with Gasteiger partial charge in [-0.3, -0.25) is 9.35 Å². The first-order chi connectivity index (χ1) is 17.3. The molecule has 2 aromatic carbocycles. The van der Waals surface area contributed by atoms with Crippen molar-refractivity contribution >= 4 is 21.7 Å². The number of hydrogen-bond acceptors (Lipinski definition) is 6. The van der Waals surface area contributed by atoms with Gasteiger partial charge in [-0.2, -0.15) is 13.5 Å². The first-order valence-corrected chi connectivity index (χ1v) is 12.6. The molecule has 188 valence electrons. The molecule has 8 nitrogen and oxygen atoms in total. The third-order valence-electron chi connectivity index (χ3n) is 5.09. The summed E-state index contributed by atoms with van der Waals surface area (Å²) in [6, 6.07) is 12.0. The molecule has 0 amide bonds. The summed E-state index contributed by atoms with van der Waals surface area (Å²) in [4.78, 5) is 12.5. The highest BCUT2D eigenvalue weighted by atomic mass is 35.5. The molecule has 1 aromatic heterocycles. The molecule has 0 saturated carbocycles. The van der Waals surface area contributed by atoms with Crippen LogP contribution in [0.3, 0.4) is 0 Å². The quantitative estimate of drug-likeness (QED) is 0.324. The Labute approximate surface area is 213 Å². The Balaban J connectivity index is 1.58. The minimum absolute atomic E-state index is 0.0610. The Bertz CT molecular complexity index is 1430. The van der Waals surface area contributed by atoms with Crippen molar-refractivity contribution in [1.82, 2.24) is 9.78 Å². The number of hydrogen-bond donors (Lipinski definition) is 1. The van der Waals surface area contributed by atoms with Crippen molar-refractivity contribution in [3.05, 3.63) is 86.3 Å². The smallest absolute Gasteiger partial charge is 0.294 e. The molecule has 0 aliphatic carbocycles. The summed E-state index contributed by atoms with van der Waals surface area (Å²) >= 11 is 6.17. The van der Waals surface area contributed by atoms with Crippen LogP contribution in [0.5, 0.6) is 5.75 Å². The van der Waals surface area contributed by atoms with Crippen LogP contribution in [0.25, 0.3) is 0 Å². The monoisotopic (exact) mass is 522 g/mol. The largest absolute Gasteiger partial charge is 0.485 e. The van der Waals surface area contributed by atoms with Crippen molar-refractivity contribution in [2.75, 3.05) is 6.61 Å². The summed E-state index contributed by atoms with van der Waals surface area (Å²) in [6.07, 6.45) is 0.0342. The molecule has 10 heteroatoms. The fourth-order valence-corrected chi connectivity index (χ4v) is 4.21. The van der Waals surface area contributed by atoms with Crippen molar-refractivity contribution in [3.63, 3.8) is 0 Å². The maximum Gasteiger partial charge on any atom is 0.294 e.